The number of cyclic esters (lactones) is 1. The number of aliphatic hydroxyl groups excluding tert-OH is 1. The van der Waals surface area contributed by atoms with Gasteiger partial charge in [-0.1, -0.05) is 68.5 Å². The van der Waals surface area contributed by atoms with Gasteiger partial charge in [0, 0.05) is 17.5 Å². The molecule has 216 valence electrons. The molecule has 2 aromatic rings. The van der Waals surface area contributed by atoms with Gasteiger partial charge in [-0.25, -0.2) is 0 Å². The van der Waals surface area contributed by atoms with E-state index in [1.54, 1.807) is 21.6 Å². The molecule has 0 bridgehead atoms. The van der Waals surface area contributed by atoms with E-state index in [1.165, 1.54) is 0 Å². The normalized spacial score (nSPS) is 31.5. The molecule has 0 radical (unpaired) electrons. The van der Waals surface area contributed by atoms with Crippen LogP contribution in [0.1, 0.15) is 39.5 Å². The fourth-order valence-corrected chi connectivity index (χ4v) is 9.13. The lowest BCUT2D eigenvalue weighted by molar-refractivity contribution is -0.153. The number of hydrogen-bond donors (Lipinski definition) is 1. The lowest BCUT2D eigenvalue weighted by Gasteiger charge is -2.39. The summed E-state index contributed by atoms with van der Waals surface area (Å²) < 4.78 is 4.77. The molecule has 4 heterocycles. The fourth-order valence-electron chi connectivity index (χ4n) is 7.15. The lowest BCUT2D eigenvalue weighted by atomic mass is 9.78. The van der Waals surface area contributed by atoms with Gasteiger partial charge in [0.1, 0.15) is 6.04 Å². The van der Waals surface area contributed by atoms with E-state index >= 15 is 0 Å². The molecular weight excluding hydrogens is 536 g/mol. The van der Waals surface area contributed by atoms with Crippen LogP contribution >= 0.6 is 11.8 Å². The Kier molecular flexibility index (Phi) is 7.72. The van der Waals surface area contributed by atoms with Crippen LogP contribution < -0.4 is 4.90 Å². The highest BCUT2D eigenvalue weighted by atomic mass is 32.2. The van der Waals surface area contributed by atoms with E-state index in [9.17, 15) is 19.5 Å². The zero-order chi connectivity index (χ0) is 28.7. The standard InChI is InChI=1S/C33H38N2O5S/c1-21(2)18-25(20-36)35-29-31(38)34(24-14-13-22-10-6-7-11-23(22)19-24)16-9-15-33(29)28(30(35)37)27-26(41-33)12-5-3-4-8-17-40-32(27)39/h5-7,9-15,19,21,25-29,36H,3-4,8,16-18,20H2,1-2H3/b12-5-/t25-,26+,27-,28+,29?,33+/m1/s1. The second kappa shape index (κ2) is 11.3. The molecule has 2 amide bonds. The van der Waals surface area contributed by atoms with E-state index in [0.717, 1.165) is 35.7 Å². The van der Waals surface area contributed by atoms with Crippen molar-refractivity contribution in [3.8, 4) is 0 Å². The van der Waals surface area contributed by atoms with Crippen LogP contribution in [0.4, 0.5) is 5.69 Å². The highest BCUT2D eigenvalue weighted by Crippen LogP contribution is 2.61. The van der Waals surface area contributed by atoms with Crippen LogP contribution in [0.15, 0.2) is 66.8 Å². The minimum atomic E-state index is -0.948. The Bertz CT molecular complexity index is 1410. The SMILES string of the molecule is CC(C)C[C@H](CO)N1C(=O)[C@@H]2[C@@H]3C(=O)OCCCC/C=C\[C@@H]3S[C@@]23C=CCN(c2ccc4ccccc4c2)C(=O)C13. The minimum Gasteiger partial charge on any atom is -0.465 e. The van der Waals surface area contributed by atoms with Gasteiger partial charge < -0.3 is 19.6 Å². The third-order valence-electron chi connectivity index (χ3n) is 8.93. The van der Waals surface area contributed by atoms with E-state index < -0.39 is 28.7 Å². The molecule has 2 aromatic carbocycles. The Labute approximate surface area is 245 Å². The first-order valence-electron chi connectivity index (χ1n) is 14.8. The van der Waals surface area contributed by atoms with Crippen LogP contribution in [0.3, 0.4) is 0 Å². The summed E-state index contributed by atoms with van der Waals surface area (Å²) >= 11 is 1.54. The summed E-state index contributed by atoms with van der Waals surface area (Å²) in [6.07, 6.45) is 11.3. The Morgan fingerprint density at radius 3 is 2.63 bits per heavy atom. The number of anilines is 1. The van der Waals surface area contributed by atoms with Crippen LogP contribution in [0.25, 0.3) is 10.8 Å². The summed E-state index contributed by atoms with van der Waals surface area (Å²) in [5.41, 5.74) is 0.761. The summed E-state index contributed by atoms with van der Waals surface area (Å²) in [5.74, 6) is -2.04. The van der Waals surface area contributed by atoms with Gasteiger partial charge in [-0.2, -0.15) is 0 Å². The smallest absolute Gasteiger partial charge is 0.311 e. The van der Waals surface area contributed by atoms with E-state index in [1.807, 2.05) is 74.5 Å². The summed E-state index contributed by atoms with van der Waals surface area (Å²) in [4.78, 5) is 46.2. The molecule has 0 aliphatic carbocycles. The molecule has 0 aromatic heterocycles. The summed E-state index contributed by atoms with van der Waals surface area (Å²) in [5, 5.41) is 12.4. The first-order chi connectivity index (χ1) is 19.9. The second-order valence-electron chi connectivity index (χ2n) is 12.0. The average molecular weight is 575 g/mol. The number of carbonyl (C=O) groups is 3. The van der Waals surface area contributed by atoms with Crippen molar-refractivity contribution in [1.29, 1.82) is 0 Å². The van der Waals surface area contributed by atoms with Crippen LogP contribution in [0.5, 0.6) is 0 Å². The summed E-state index contributed by atoms with van der Waals surface area (Å²) in [6, 6.07) is 12.6. The molecule has 4 aliphatic rings. The van der Waals surface area contributed by atoms with Crippen molar-refractivity contribution < 1.29 is 24.2 Å². The number of allylic oxidation sites excluding steroid dienone is 1. The predicted octanol–water partition coefficient (Wildman–Crippen LogP) is 4.73. The lowest BCUT2D eigenvalue weighted by Crippen LogP contribution is -2.57. The molecule has 2 fully saturated rings. The van der Waals surface area contributed by atoms with E-state index in [4.69, 9.17) is 4.74 Å². The molecule has 8 heteroatoms. The van der Waals surface area contributed by atoms with Gasteiger partial charge in [0.15, 0.2) is 0 Å². The maximum atomic E-state index is 14.8. The fraction of sp³-hybridized carbons (Fsp3) is 0.485. The molecule has 0 saturated carbocycles. The third-order valence-corrected chi connectivity index (χ3v) is 10.7. The number of ether oxygens (including phenoxy) is 1. The molecule has 6 rings (SSSR count). The predicted molar refractivity (Wildman–Crippen MR) is 161 cm³/mol. The molecule has 7 nitrogen and oxygen atoms in total. The highest BCUT2D eigenvalue weighted by molar-refractivity contribution is 8.02. The molecule has 41 heavy (non-hydrogen) atoms. The van der Waals surface area contributed by atoms with Crippen LogP contribution in [-0.2, 0) is 19.1 Å². The first-order valence-corrected chi connectivity index (χ1v) is 15.7. The number of esters is 1. The van der Waals surface area contributed by atoms with E-state index in [2.05, 4.69) is 6.08 Å². The highest BCUT2D eigenvalue weighted by Gasteiger charge is 2.71. The molecule has 1 spiro atoms. The number of nitrogens with zero attached hydrogens (tertiary/aromatic N) is 2. The van der Waals surface area contributed by atoms with Gasteiger partial charge in [-0.15, -0.1) is 11.8 Å². The maximum absolute atomic E-state index is 14.8. The monoisotopic (exact) mass is 574 g/mol. The van der Waals surface area contributed by atoms with E-state index in [-0.39, 0.29) is 35.6 Å². The van der Waals surface area contributed by atoms with Gasteiger partial charge in [-0.05, 0) is 54.5 Å². The van der Waals surface area contributed by atoms with Crippen LogP contribution in [-0.4, -0.2) is 69.6 Å². The molecule has 2 saturated heterocycles. The number of aliphatic hydroxyl groups is 1. The number of amides is 2. The third kappa shape index (κ3) is 4.79. The van der Waals surface area contributed by atoms with Crippen LogP contribution in [0, 0.1) is 17.8 Å². The summed E-state index contributed by atoms with van der Waals surface area (Å²) in [6.45, 7) is 4.53. The van der Waals surface area contributed by atoms with Gasteiger partial charge in [0.05, 0.1) is 35.8 Å². The molecule has 1 unspecified atom stereocenters. The Morgan fingerprint density at radius 2 is 1.85 bits per heavy atom. The number of rotatable bonds is 5. The molecule has 1 N–H and O–H groups in total. The number of benzene rings is 2. The number of carbonyl (C=O) groups excluding carboxylic acids is 3. The molecule has 6 atom stereocenters. The molecule has 4 aliphatic heterocycles. The molecular formula is C33H38N2O5S. The van der Waals surface area contributed by atoms with Crippen molar-refractivity contribution in [2.75, 3.05) is 24.7 Å². The van der Waals surface area contributed by atoms with Crippen LogP contribution in [0.2, 0.25) is 0 Å². The summed E-state index contributed by atoms with van der Waals surface area (Å²) in [7, 11) is 0. The van der Waals surface area contributed by atoms with Gasteiger partial charge >= 0.3 is 5.97 Å². The van der Waals surface area contributed by atoms with Crippen molar-refractivity contribution in [3.05, 3.63) is 66.8 Å². The number of hydrogen-bond acceptors (Lipinski definition) is 6. The van der Waals surface area contributed by atoms with Crippen molar-refractivity contribution in [2.24, 2.45) is 17.8 Å². The zero-order valence-corrected chi connectivity index (χ0v) is 24.5. The second-order valence-corrected chi connectivity index (χ2v) is 13.5. The Morgan fingerprint density at radius 1 is 1.05 bits per heavy atom. The number of likely N-dealkylation sites (tertiary alicyclic amines) is 1. The number of thioether (sulfide) groups is 1. The van der Waals surface area contributed by atoms with Crippen molar-refractivity contribution in [2.45, 2.75) is 61.6 Å². The zero-order valence-electron chi connectivity index (χ0n) is 23.6. The Balaban J connectivity index is 1.47. The number of fused-ring (bicyclic) bond motifs is 3. The Hall–Kier alpha value is -3.10. The van der Waals surface area contributed by atoms with Gasteiger partial charge in [-0.3, -0.25) is 14.4 Å². The van der Waals surface area contributed by atoms with Crippen molar-refractivity contribution >= 4 is 46.0 Å². The van der Waals surface area contributed by atoms with Gasteiger partial charge in [0.2, 0.25) is 5.91 Å². The van der Waals surface area contributed by atoms with Gasteiger partial charge in [0.25, 0.3) is 5.91 Å². The quantitative estimate of drug-likeness (QED) is 0.411. The average Bonchev–Trinajstić information content (AvgIpc) is 3.36. The topological polar surface area (TPSA) is 87.2 Å². The maximum Gasteiger partial charge on any atom is 0.311 e. The largest absolute Gasteiger partial charge is 0.465 e. The van der Waals surface area contributed by atoms with E-state index in [0.29, 0.717) is 19.6 Å². The minimum absolute atomic E-state index is 0.183. The van der Waals surface area contributed by atoms with Crippen molar-refractivity contribution in [1.82, 2.24) is 4.90 Å². The first kappa shape index (κ1) is 28.0. The van der Waals surface area contributed by atoms with Crippen molar-refractivity contribution in [3.63, 3.8) is 0 Å².